The molecule has 4 atom stereocenters. The molecule has 2 saturated carbocycles. The number of nitrogens with zero attached hydrogens (tertiary/aromatic N) is 1. The number of fused-ring (bicyclic) bond motifs is 1. The standard InChI is InChI=1S/C24H37N/c1-24(2,3)22-11-8-19(9-12-22)21-14-15-25(17-21)23-13-10-18-6-4-5-7-20(18)16-23/h8-9,11-12,18,20-21,23H,4-7,10,13-17H2,1-3H3. The van der Waals surface area contributed by atoms with Crippen molar-refractivity contribution < 1.29 is 0 Å². The quantitative estimate of drug-likeness (QED) is 0.626. The van der Waals surface area contributed by atoms with Crippen molar-refractivity contribution in [2.45, 2.75) is 89.5 Å². The Bertz CT molecular complexity index is 567. The third-order valence-electron chi connectivity index (χ3n) is 7.50. The molecule has 0 spiro atoms. The van der Waals surface area contributed by atoms with E-state index in [0.29, 0.717) is 0 Å². The maximum Gasteiger partial charge on any atom is 0.00983 e. The highest BCUT2D eigenvalue weighted by molar-refractivity contribution is 5.30. The summed E-state index contributed by atoms with van der Waals surface area (Å²) in [6, 6.07) is 10.4. The van der Waals surface area contributed by atoms with Crippen molar-refractivity contribution >= 4 is 0 Å². The molecule has 0 radical (unpaired) electrons. The van der Waals surface area contributed by atoms with Crippen LogP contribution in [-0.2, 0) is 5.41 Å². The number of hydrogen-bond acceptors (Lipinski definition) is 1. The van der Waals surface area contributed by atoms with Crippen LogP contribution in [-0.4, -0.2) is 24.0 Å². The lowest BCUT2D eigenvalue weighted by atomic mass is 9.69. The van der Waals surface area contributed by atoms with Gasteiger partial charge in [-0.05, 0) is 66.5 Å². The maximum atomic E-state index is 2.85. The smallest absolute Gasteiger partial charge is 0.00983 e. The minimum Gasteiger partial charge on any atom is -0.300 e. The molecule has 1 aromatic rings. The highest BCUT2D eigenvalue weighted by Gasteiger charge is 2.37. The molecule has 1 aromatic carbocycles. The van der Waals surface area contributed by atoms with E-state index in [1.807, 2.05) is 0 Å². The molecule has 1 heterocycles. The van der Waals surface area contributed by atoms with Crippen LogP contribution in [0.3, 0.4) is 0 Å². The van der Waals surface area contributed by atoms with Crippen LogP contribution >= 0.6 is 0 Å². The molecule has 138 valence electrons. The van der Waals surface area contributed by atoms with Gasteiger partial charge in [0.15, 0.2) is 0 Å². The molecule has 4 rings (SSSR count). The van der Waals surface area contributed by atoms with Crippen LogP contribution in [0.2, 0.25) is 0 Å². The fraction of sp³-hybridized carbons (Fsp3) is 0.750. The molecule has 2 aliphatic carbocycles. The first kappa shape index (κ1) is 17.6. The maximum absolute atomic E-state index is 2.85. The van der Waals surface area contributed by atoms with E-state index in [2.05, 4.69) is 49.9 Å². The van der Waals surface area contributed by atoms with Crippen molar-refractivity contribution in [2.75, 3.05) is 13.1 Å². The van der Waals surface area contributed by atoms with Crippen LogP contribution in [0.1, 0.15) is 89.2 Å². The lowest BCUT2D eigenvalue weighted by molar-refractivity contribution is 0.0869. The number of rotatable bonds is 2. The van der Waals surface area contributed by atoms with E-state index in [1.54, 1.807) is 5.56 Å². The second-order valence-corrected chi connectivity index (χ2v) is 10.1. The van der Waals surface area contributed by atoms with Gasteiger partial charge in [0.1, 0.15) is 0 Å². The summed E-state index contributed by atoms with van der Waals surface area (Å²) in [7, 11) is 0. The van der Waals surface area contributed by atoms with E-state index in [4.69, 9.17) is 0 Å². The minimum absolute atomic E-state index is 0.263. The van der Waals surface area contributed by atoms with Gasteiger partial charge in [0, 0.05) is 12.6 Å². The second-order valence-electron chi connectivity index (χ2n) is 10.1. The van der Waals surface area contributed by atoms with Crippen molar-refractivity contribution in [3.8, 4) is 0 Å². The molecule has 3 fully saturated rings. The fourth-order valence-electron chi connectivity index (χ4n) is 5.83. The third kappa shape index (κ3) is 3.82. The monoisotopic (exact) mass is 339 g/mol. The summed E-state index contributed by atoms with van der Waals surface area (Å²) in [6.07, 6.45) is 11.9. The molecule has 1 aliphatic heterocycles. The van der Waals surface area contributed by atoms with Gasteiger partial charge < -0.3 is 0 Å². The van der Waals surface area contributed by atoms with Crippen molar-refractivity contribution in [3.05, 3.63) is 35.4 Å². The highest BCUT2D eigenvalue weighted by atomic mass is 15.2. The average Bonchev–Trinajstić information content (AvgIpc) is 3.11. The van der Waals surface area contributed by atoms with Crippen LogP contribution in [0.15, 0.2) is 24.3 Å². The van der Waals surface area contributed by atoms with E-state index in [9.17, 15) is 0 Å². The first-order chi connectivity index (χ1) is 12.0. The van der Waals surface area contributed by atoms with Gasteiger partial charge in [-0.2, -0.15) is 0 Å². The Labute approximate surface area is 155 Å². The van der Waals surface area contributed by atoms with Gasteiger partial charge in [0.25, 0.3) is 0 Å². The summed E-state index contributed by atoms with van der Waals surface area (Å²) in [6.45, 7) is 9.55. The Balaban J connectivity index is 1.36. The summed E-state index contributed by atoms with van der Waals surface area (Å²) in [4.78, 5) is 2.85. The summed E-state index contributed by atoms with van der Waals surface area (Å²) in [5.74, 6) is 2.89. The van der Waals surface area contributed by atoms with Crippen molar-refractivity contribution in [1.82, 2.24) is 4.90 Å². The molecule has 0 amide bonds. The van der Waals surface area contributed by atoms with Gasteiger partial charge in [0.2, 0.25) is 0 Å². The van der Waals surface area contributed by atoms with Crippen LogP contribution in [0.5, 0.6) is 0 Å². The Kier molecular flexibility index (Phi) is 4.97. The fourth-order valence-corrected chi connectivity index (χ4v) is 5.83. The van der Waals surface area contributed by atoms with Gasteiger partial charge >= 0.3 is 0 Å². The van der Waals surface area contributed by atoms with Gasteiger partial charge in [0.05, 0.1) is 0 Å². The normalized spacial score (nSPS) is 34.0. The van der Waals surface area contributed by atoms with E-state index in [1.165, 1.54) is 70.0 Å². The zero-order chi connectivity index (χ0) is 17.4. The summed E-state index contributed by atoms with van der Waals surface area (Å²) in [5.41, 5.74) is 3.29. The SMILES string of the molecule is CC(C)(C)c1ccc(C2CCN(C3CCC4CCCCC4C3)C2)cc1. The molecule has 0 bridgehead atoms. The molecule has 1 heteroatoms. The van der Waals surface area contributed by atoms with Crippen molar-refractivity contribution in [2.24, 2.45) is 11.8 Å². The van der Waals surface area contributed by atoms with Crippen molar-refractivity contribution in [1.29, 1.82) is 0 Å². The molecule has 25 heavy (non-hydrogen) atoms. The summed E-state index contributed by atoms with van der Waals surface area (Å²) >= 11 is 0. The largest absolute Gasteiger partial charge is 0.300 e. The van der Waals surface area contributed by atoms with Gasteiger partial charge in [-0.3, -0.25) is 4.90 Å². The topological polar surface area (TPSA) is 3.24 Å². The first-order valence-corrected chi connectivity index (χ1v) is 10.9. The molecule has 4 unspecified atom stereocenters. The lowest BCUT2D eigenvalue weighted by Gasteiger charge is -2.42. The van der Waals surface area contributed by atoms with Crippen LogP contribution in [0.25, 0.3) is 0 Å². The van der Waals surface area contributed by atoms with E-state index >= 15 is 0 Å². The Morgan fingerprint density at radius 2 is 1.56 bits per heavy atom. The third-order valence-corrected chi connectivity index (χ3v) is 7.50. The molecular formula is C24H37N. The number of likely N-dealkylation sites (tertiary alicyclic amines) is 1. The summed E-state index contributed by atoms with van der Waals surface area (Å²) in [5, 5.41) is 0. The van der Waals surface area contributed by atoms with Crippen molar-refractivity contribution in [3.63, 3.8) is 0 Å². The molecular weight excluding hydrogens is 302 g/mol. The zero-order valence-electron chi connectivity index (χ0n) is 16.6. The second kappa shape index (κ2) is 7.06. The Hall–Kier alpha value is -0.820. The Morgan fingerprint density at radius 1 is 0.840 bits per heavy atom. The summed E-state index contributed by atoms with van der Waals surface area (Å²) < 4.78 is 0. The average molecular weight is 340 g/mol. The van der Waals surface area contributed by atoms with Crippen LogP contribution in [0, 0.1) is 11.8 Å². The van der Waals surface area contributed by atoms with Crippen LogP contribution in [0.4, 0.5) is 0 Å². The van der Waals surface area contributed by atoms with E-state index < -0.39 is 0 Å². The zero-order valence-corrected chi connectivity index (χ0v) is 16.6. The van der Waals surface area contributed by atoms with E-state index in [0.717, 1.165) is 23.8 Å². The highest BCUT2D eigenvalue weighted by Crippen LogP contribution is 2.43. The predicted molar refractivity (Wildman–Crippen MR) is 107 cm³/mol. The van der Waals surface area contributed by atoms with Gasteiger partial charge in [-0.1, -0.05) is 70.7 Å². The molecule has 1 nitrogen and oxygen atoms in total. The first-order valence-electron chi connectivity index (χ1n) is 10.9. The minimum atomic E-state index is 0.263. The predicted octanol–water partition coefficient (Wildman–Crippen LogP) is 6.13. The Morgan fingerprint density at radius 3 is 2.28 bits per heavy atom. The van der Waals surface area contributed by atoms with Gasteiger partial charge in [-0.25, -0.2) is 0 Å². The lowest BCUT2D eigenvalue weighted by Crippen LogP contribution is -2.40. The molecule has 1 saturated heterocycles. The molecule has 3 aliphatic rings. The number of hydrogen-bond donors (Lipinski definition) is 0. The molecule has 0 aromatic heterocycles. The van der Waals surface area contributed by atoms with Gasteiger partial charge in [-0.15, -0.1) is 0 Å². The van der Waals surface area contributed by atoms with E-state index in [-0.39, 0.29) is 5.41 Å². The molecule has 0 N–H and O–H groups in total. The van der Waals surface area contributed by atoms with Crippen LogP contribution < -0.4 is 0 Å². The number of benzene rings is 1.